The van der Waals surface area contributed by atoms with E-state index in [1.165, 1.54) is 17.8 Å². The van der Waals surface area contributed by atoms with Gasteiger partial charge in [-0.2, -0.15) is 0 Å². The summed E-state index contributed by atoms with van der Waals surface area (Å²) in [6, 6.07) is 5.90. The van der Waals surface area contributed by atoms with Crippen molar-refractivity contribution in [2.45, 2.75) is 43.0 Å². The summed E-state index contributed by atoms with van der Waals surface area (Å²) in [7, 11) is 0. The molecule has 1 aromatic carbocycles. The molecule has 2 saturated heterocycles. The van der Waals surface area contributed by atoms with Crippen molar-refractivity contribution in [3.05, 3.63) is 35.6 Å². The van der Waals surface area contributed by atoms with Gasteiger partial charge in [0, 0.05) is 17.9 Å². The highest BCUT2D eigenvalue weighted by Crippen LogP contribution is 2.39. The number of nitrogens with one attached hydrogen (secondary N) is 1. The number of thioether (sulfide) groups is 1. The molecule has 0 bridgehead atoms. The zero-order valence-corrected chi connectivity index (χ0v) is 15.8. The Labute approximate surface area is 161 Å². The molecule has 2 heterocycles. The first kappa shape index (κ1) is 18.3. The molecule has 0 radical (unpaired) electrons. The number of hydrogen-bond donors (Lipinski definition) is 1. The lowest BCUT2D eigenvalue weighted by Crippen LogP contribution is -2.49. The fraction of sp³-hybridized carbons (Fsp3) is 0.526. The van der Waals surface area contributed by atoms with Crippen molar-refractivity contribution in [1.82, 2.24) is 15.1 Å². The molecule has 27 heavy (non-hydrogen) atoms. The van der Waals surface area contributed by atoms with Crippen LogP contribution in [0.15, 0.2) is 24.3 Å². The molecule has 1 spiro atoms. The van der Waals surface area contributed by atoms with Gasteiger partial charge in [-0.3, -0.25) is 14.5 Å². The molecule has 8 heteroatoms. The predicted molar refractivity (Wildman–Crippen MR) is 99.4 cm³/mol. The van der Waals surface area contributed by atoms with Crippen LogP contribution >= 0.6 is 11.8 Å². The van der Waals surface area contributed by atoms with E-state index in [2.05, 4.69) is 5.32 Å². The summed E-state index contributed by atoms with van der Waals surface area (Å²) in [5.41, 5.74) is -0.380. The van der Waals surface area contributed by atoms with Crippen molar-refractivity contribution in [1.29, 1.82) is 0 Å². The zero-order chi connectivity index (χ0) is 19.0. The molecule has 4 amide bonds. The SMILES string of the molecule is O=C1NC2(CCCCC2)C(=O)N1CC(=O)N1CCS[C@H]1c1ccccc1F. The van der Waals surface area contributed by atoms with Crippen LogP contribution in [0.3, 0.4) is 0 Å². The normalized spacial score (nSPS) is 24.6. The van der Waals surface area contributed by atoms with Crippen LogP contribution in [0, 0.1) is 5.82 Å². The lowest BCUT2D eigenvalue weighted by molar-refractivity contribution is -0.139. The van der Waals surface area contributed by atoms with Crippen LogP contribution in [0.1, 0.15) is 43.0 Å². The highest BCUT2D eigenvalue weighted by Gasteiger charge is 2.52. The molecular weight excluding hydrogens is 369 g/mol. The highest BCUT2D eigenvalue weighted by atomic mass is 32.2. The summed E-state index contributed by atoms with van der Waals surface area (Å²) in [5.74, 6) is -0.292. The van der Waals surface area contributed by atoms with Gasteiger partial charge < -0.3 is 10.2 Å². The summed E-state index contributed by atoms with van der Waals surface area (Å²) in [4.78, 5) is 40.7. The third kappa shape index (κ3) is 3.20. The van der Waals surface area contributed by atoms with Gasteiger partial charge in [-0.05, 0) is 18.9 Å². The first-order valence-electron chi connectivity index (χ1n) is 9.31. The zero-order valence-electron chi connectivity index (χ0n) is 14.9. The van der Waals surface area contributed by atoms with E-state index in [0.717, 1.165) is 24.2 Å². The molecule has 4 rings (SSSR count). The molecule has 0 unspecified atom stereocenters. The van der Waals surface area contributed by atoms with Gasteiger partial charge in [0.1, 0.15) is 23.3 Å². The second kappa shape index (κ2) is 7.14. The van der Waals surface area contributed by atoms with E-state index in [-0.39, 0.29) is 24.2 Å². The Bertz CT molecular complexity index is 781. The number of hydrogen-bond acceptors (Lipinski definition) is 4. The largest absolute Gasteiger partial charge is 0.325 e. The Balaban J connectivity index is 1.49. The van der Waals surface area contributed by atoms with Crippen LogP contribution in [-0.4, -0.2) is 52.0 Å². The fourth-order valence-corrected chi connectivity index (χ4v) is 5.50. The average Bonchev–Trinajstić information content (AvgIpc) is 3.23. The van der Waals surface area contributed by atoms with Crippen LogP contribution in [0.4, 0.5) is 9.18 Å². The summed E-state index contributed by atoms with van der Waals surface area (Å²) in [6.45, 7) is 0.176. The molecule has 1 N–H and O–H groups in total. The molecule has 0 aromatic heterocycles. The first-order chi connectivity index (χ1) is 13.0. The molecule has 3 fully saturated rings. The van der Waals surface area contributed by atoms with Gasteiger partial charge in [-0.1, -0.05) is 37.5 Å². The molecule has 144 valence electrons. The minimum atomic E-state index is -0.833. The van der Waals surface area contributed by atoms with Crippen molar-refractivity contribution in [3.63, 3.8) is 0 Å². The maximum absolute atomic E-state index is 14.2. The van der Waals surface area contributed by atoms with E-state index in [1.54, 1.807) is 23.1 Å². The third-order valence-electron chi connectivity index (χ3n) is 5.63. The topological polar surface area (TPSA) is 69.7 Å². The molecule has 1 aromatic rings. The number of carbonyl (C=O) groups excluding carboxylic acids is 3. The molecular formula is C19H22FN3O3S. The molecule has 1 saturated carbocycles. The van der Waals surface area contributed by atoms with Crippen LogP contribution < -0.4 is 5.32 Å². The Morgan fingerprint density at radius 1 is 1.22 bits per heavy atom. The van der Waals surface area contributed by atoms with E-state index < -0.39 is 16.9 Å². The lowest BCUT2D eigenvalue weighted by Gasteiger charge is -2.30. The third-order valence-corrected chi connectivity index (χ3v) is 6.87. The average molecular weight is 391 g/mol. The highest BCUT2D eigenvalue weighted by molar-refractivity contribution is 7.99. The Kier molecular flexibility index (Phi) is 4.84. The quantitative estimate of drug-likeness (QED) is 0.805. The van der Waals surface area contributed by atoms with E-state index in [1.807, 2.05) is 0 Å². The number of urea groups is 1. The monoisotopic (exact) mass is 391 g/mol. The lowest BCUT2D eigenvalue weighted by atomic mass is 9.82. The Hall–Kier alpha value is -2.09. The van der Waals surface area contributed by atoms with E-state index in [0.29, 0.717) is 30.7 Å². The number of carbonyl (C=O) groups is 3. The van der Waals surface area contributed by atoms with Crippen molar-refractivity contribution in [2.24, 2.45) is 0 Å². The van der Waals surface area contributed by atoms with Crippen LogP contribution in [0.5, 0.6) is 0 Å². The molecule has 2 aliphatic heterocycles. The van der Waals surface area contributed by atoms with Crippen molar-refractivity contribution in [3.8, 4) is 0 Å². The van der Waals surface area contributed by atoms with E-state index >= 15 is 0 Å². The van der Waals surface area contributed by atoms with Crippen LogP contribution in [0.25, 0.3) is 0 Å². The van der Waals surface area contributed by atoms with Crippen molar-refractivity contribution >= 4 is 29.6 Å². The summed E-state index contributed by atoms with van der Waals surface area (Å²) in [5, 5.41) is 2.39. The molecule has 1 aliphatic carbocycles. The maximum Gasteiger partial charge on any atom is 0.325 e. The Morgan fingerprint density at radius 3 is 2.70 bits per heavy atom. The smallest absolute Gasteiger partial charge is 0.324 e. The Morgan fingerprint density at radius 2 is 1.96 bits per heavy atom. The van der Waals surface area contributed by atoms with E-state index in [9.17, 15) is 18.8 Å². The minimum absolute atomic E-state index is 0.294. The van der Waals surface area contributed by atoms with Gasteiger partial charge in [-0.15, -0.1) is 11.8 Å². The molecule has 1 atom stereocenters. The summed E-state index contributed by atoms with van der Waals surface area (Å²) < 4.78 is 14.2. The van der Waals surface area contributed by atoms with Gasteiger partial charge in [0.2, 0.25) is 5.91 Å². The van der Waals surface area contributed by atoms with Crippen LogP contribution in [0.2, 0.25) is 0 Å². The van der Waals surface area contributed by atoms with Gasteiger partial charge in [-0.25, -0.2) is 9.18 Å². The van der Waals surface area contributed by atoms with Gasteiger partial charge in [0.05, 0.1) is 0 Å². The fourth-order valence-electron chi connectivity index (χ4n) is 4.20. The summed E-state index contributed by atoms with van der Waals surface area (Å²) in [6.07, 6.45) is 4.09. The number of rotatable bonds is 3. The minimum Gasteiger partial charge on any atom is -0.324 e. The van der Waals surface area contributed by atoms with Crippen molar-refractivity contribution in [2.75, 3.05) is 18.8 Å². The predicted octanol–water partition coefficient (Wildman–Crippen LogP) is 2.65. The number of nitrogens with zero attached hydrogens (tertiary/aromatic N) is 2. The molecule has 3 aliphatic rings. The second-order valence-corrected chi connectivity index (χ2v) is 8.48. The molecule has 6 nitrogen and oxygen atoms in total. The number of benzene rings is 1. The van der Waals surface area contributed by atoms with Crippen LogP contribution in [-0.2, 0) is 9.59 Å². The van der Waals surface area contributed by atoms with Gasteiger partial charge >= 0.3 is 6.03 Å². The number of amides is 4. The van der Waals surface area contributed by atoms with Gasteiger partial charge in [0.15, 0.2) is 0 Å². The second-order valence-electron chi connectivity index (χ2n) is 7.30. The van der Waals surface area contributed by atoms with E-state index in [4.69, 9.17) is 0 Å². The first-order valence-corrected chi connectivity index (χ1v) is 10.4. The summed E-state index contributed by atoms with van der Waals surface area (Å²) >= 11 is 1.49. The standard InChI is InChI=1S/C19H22FN3O3S/c20-14-7-3-2-6-13(14)16-22(10-11-27-16)15(24)12-23-17(25)19(21-18(23)26)8-4-1-5-9-19/h2-3,6-7,16H,1,4-5,8-12H2,(H,21,26)/t16-/m0/s1. The number of imide groups is 1. The number of halogens is 1. The van der Waals surface area contributed by atoms with Gasteiger partial charge in [0.25, 0.3) is 5.91 Å². The maximum atomic E-state index is 14.2. The van der Waals surface area contributed by atoms with Crippen molar-refractivity contribution < 1.29 is 18.8 Å².